The van der Waals surface area contributed by atoms with Gasteiger partial charge in [-0.15, -0.1) is 0 Å². The minimum atomic E-state index is -0.165. The molecule has 0 saturated carbocycles. The number of benzene rings is 1. The van der Waals surface area contributed by atoms with Gasteiger partial charge in [0, 0.05) is 50.4 Å². The average Bonchev–Trinajstić information content (AvgIpc) is 3.37. The van der Waals surface area contributed by atoms with Crippen molar-refractivity contribution in [1.82, 2.24) is 15.5 Å². The number of carbonyl (C=O) groups excluding carboxylic acids is 2. The lowest BCUT2D eigenvalue weighted by atomic mass is 10.0. The topological polar surface area (TPSA) is 88.5 Å². The molecule has 0 aromatic heterocycles. The van der Waals surface area contributed by atoms with Crippen molar-refractivity contribution in [3.8, 4) is 6.07 Å². The van der Waals surface area contributed by atoms with Gasteiger partial charge in [0.1, 0.15) is 0 Å². The molecule has 7 nitrogen and oxygen atoms in total. The maximum absolute atomic E-state index is 12.5. The van der Waals surface area contributed by atoms with Crippen LogP contribution in [0.4, 0.5) is 5.69 Å². The Balaban J connectivity index is 1.22. The van der Waals surface area contributed by atoms with E-state index in [0.29, 0.717) is 30.6 Å². The molecule has 3 heterocycles. The predicted octanol–water partition coefficient (Wildman–Crippen LogP) is 0.649. The molecule has 0 unspecified atom stereocenters. The van der Waals surface area contributed by atoms with Crippen molar-refractivity contribution in [2.45, 2.75) is 43.8 Å². The Morgan fingerprint density at radius 2 is 1.89 bits per heavy atom. The predicted molar refractivity (Wildman–Crippen MR) is 106 cm³/mol. The minimum Gasteiger partial charge on any atom is -0.371 e. The van der Waals surface area contributed by atoms with Gasteiger partial charge in [0.2, 0.25) is 5.91 Å². The zero-order valence-electron chi connectivity index (χ0n) is 16.1. The zero-order valence-corrected chi connectivity index (χ0v) is 16.1. The lowest BCUT2D eigenvalue weighted by Crippen LogP contribution is -2.47. The van der Waals surface area contributed by atoms with Crippen LogP contribution in [0.5, 0.6) is 0 Å². The zero-order chi connectivity index (χ0) is 19.5. The third-order valence-corrected chi connectivity index (χ3v) is 6.10. The number of Topliss-reactive ketones (excluding diaryl/α,β-unsaturated/α-hetero) is 1. The Kier molecular flexibility index (Phi) is 5.60. The first kappa shape index (κ1) is 18.9. The summed E-state index contributed by atoms with van der Waals surface area (Å²) in [6.07, 6.45) is 3.42. The van der Waals surface area contributed by atoms with Crippen LogP contribution in [-0.2, 0) is 9.59 Å². The van der Waals surface area contributed by atoms with Crippen molar-refractivity contribution >= 4 is 17.4 Å². The molecule has 2 N–H and O–H groups in total. The molecule has 0 aliphatic carbocycles. The van der Waals surface area contributed by atoms with Crippen molar-refractivity contribution in [3.63, 3.8) is 0 Å². The number of nitrogens with zero attached hydrogens (tertiary/aromatic N) is 3. The van der Waals surface area contributed by atoms with Crippen molar-refractivity contribution in [3.05, 3.63) is 29.8 Å². The summed E-state index contributed by atoms with van der Waals surface area (Å²) in [6, 6.07) is 10.5. The second-order valence-electron chi connectivity index (χ2n) is 8.03. The van der Waals surface area contributed by atoms with Gasteiger partial charge in [0.15, 0.2) is 5.78 Å². The van der Waals surface area contributed by atoms with E-state index in [1.807, 2.05) is 24.3 Å². The quantitative estimate of drug-likeness (QED) is 0.796. The van der Waals surface area contributed by atoms with Crippen molar-refractivity contribution < 1.29 is 9.59 Å². The first-order valence-electron chi connectivity index (χ1n) is 10.2. The van der Waals surface area contributed by atoms with Gasteiger partial charge in [0.25, 0.3) is 0 Å². The molecular formula is C21H27N5O2. The molecule has 4 rings (SSSR count). The van der Waals surface area contributed by atoms with Gasteiger partial charge in [-0.25, -0.2) is 0 Å². The fourth-order valence-corrected chi connectivity index (χ4v) is 4.47. The number of nitriles is 1. The molecular weight excluding hydrogens is 354 g/mol. The third-order valence-electron chi connectivity index (χ3n) is 6.10. The normalized spacial score (nSPS) is 25.9. The summed E-state index contributed by atoms with van der Waals surface area (Å²) in [5, 5.41) is 16.0. The van der Waals surface area contributed by atoms with E-state index in [0.717, 1.165) is 38.9 Å². The molecule has 148 valence electrons. The summed E-state index contributed by atoms with van der Waals surface area (Å²) in [5.74, 6) is 0.237. The monoisotopic (exact) mass is 381 g/mol. The molecule has 3 saturated heterocycles. The van der Waals surface area contributed by atoms with Gasteiger partial charge in [-0.05, 0) is 43.5 Å². The van der Waals surface area contributed by atoms with E-state index in [2.05, 4.69) is 21.6 Å². The lowest BCUT2D eigenvalue weighted by Gasteiger charge is -2.35. The molecule has 2 atom stereocenters. The van der Waals surface area contributed by atoms with E-state index in [1.165, 1.54) is 5.69 Å². The molecule has 1 amide bonds. The summed E-state index contributed by atoms with van der Waals surface area (Å²) in [7, 11) is 0. The minimum absolute atomic E-state index is 0.0748. The fraction of sp³-hybridized carbons (Fsp3) is 0.571. The van der Waals surface area contributed by atoms with E-state index >= 15 is 0 Å². The summed E-state index contributed by atoms with van der Waals surface area (Å²) < 4.78 is 0. The highest BCUT2D eigenvalue weighted by Gasteiger charge is 2.35. The highest BCUT2D eigenvalue weighted by Crippen LogP contribution is 2.22. The van der Waals surface area contributed by atoms with Crippen LogP contribution in [0.1, 0.15) is 31.2 Å². The van der Waals surface area contributed by atoms with E-state index in [4.69, 9.17) is 5.26 Å². The number of amides is 1. The number of rotatable bonds is 4. The summed E-state index contributed by atoms with van der Waals surface area (Å²) >= 11 is 0. The van der Waals surface area contributed by atoms with Gasteiger partial charge in [-0.3, -0.25) is 9.59 Å². The second-order valence-corrected chi connectivity index (χ2v) is 8.03. The van der Waals surface area contributed by atoms with Crippen LogP contribution in [0.3, 0.4) is 0 Å². The van der Waals surface area contributed by atoms with E-state index in [9.17, 15) is 9.59 Å². The van der Waals surface area contributed by atoms with Crippen molar-refractivity contribution in [1.29, 1.82) is 5.26 Å². The smallest absolute Gasteiger partial charge is 0.240 e. The lowest BCUT2D eigenvalue weighted by molar-refractivity contribution is -0.133. The number of anilines is 1. The van der Waals surface area contributed by atoms with Crippen molar-refractivity contribution in [2.24, 2.45) is 0 Å². The van der Waals surface area contributed by atoms with Crippen LogP contribution in [0, 0.1) is 11.3 Å². The Labute approximate surface area is 165 Å². The molecule has 1 aromatic rings. The molecule has 7 heteroatoms. The van der Waals surface area contributed by atoms with Crippen LogP contribution >= 0.6 is 0 Å². The fourth-order valence-electron chi connectivity index (χ4n) is 4.47. The molecule has 28 heavy (non-hydrogen) atoms. The number of nitrogens with one attached hydrogen (secondary N) is 2. The molecule has 3 aliphatic rings. The summed E-state index contributed by atoms with van der Waals surface area (Å²) in [5.41, 5.74) is 1.86. The van der Waals surface area contributed by atoms with Gasteiger partial charge in [-0.1, -0.05) is 0 Å². The maximum Gasteiger partial charge on any atom is 0.240 e. The first-order chi connectivity index (χ1) is 13.6. The molecule has 0 bridgehead atoms. The highest BCUT2D eigenvalue weighted by atomic mass is 16.2. The van der Waals surface area contributed by atoms with Crippen molar-refractivity contribution in [2.75, 3.05) is 37.6 Å². The Bertz CT molecular complexity index is 764. The summed E-state index contributed by atoms with van der Waals surface area (Å²) in [6.45, 7) is 3.63. The Hall–Kier alpha value is -2.43. The Morgan fingerprint density at radius 3 is 2.54 bits per heavy atom. The molecule has 3 fully saturated rings. The summed E-state index contributed by atoms with van der Waals surface area (Å²) in [4.78, 5) is 28.0. The number of ketones is 1. The standard InChI is InChI=1S/C21H27N5O2/c22-12-15-1-3-18(4-2-15)25-8-5-16(6-9-25)24-17-11-20(23-13-17)21(28)26-10-7-19(27)14-26/h1-4,16-17,20,23-24H,5-11,13-14H2/t17-,20-/m0/s1. The van der Waals surface area contributed by atoms with Crippen LogP contribution < -0.4 is 15.5 Å². The average molecular weight is 381 g/mol. The van der Waals surface area contributed by atoms with Gasteiger partial charge >= 0.3 is 0 Å². The third kappa shape index (κ3) is 4.18. The largest absolute Gasteiger partial charge is 0.371 e. The number of hydrogen-bond donors (Lipinski definition) is 2. The highest BCUT2D eigenvalue weighted by molar-refractivity contribution is 5.91. The van der Waals surface area contributed by atoms with E-state index in [-0.39, 0.29) is 24.3 Å². The molecule has 3 aliphatic heterocycles. The number of likely N-dealkylation sites (tertiary alicyclic amines) is 1. The number of hydrogen-bond acceptors (Lipinski definition) is 6. The Morgan fingerprint density at radius 1 is 1.14 bits per heavy atom. The number of piperidine rings is 1. The van der Waals surface area contributed by atoms with Crippen LogP contribution in [0.2, 0.25) is 0 Å². The van der Waals surface area contributed by atoms with E-state index in [1.54, 1.807) is 4.90 Å². The second kappa shape index (κ2) is 8.29. The number of carbonyl (C=O) groups is 2. The van der Waals surface area contributed by atoms with Gasteiger partial charge in [-0.2, -0.15) is 5.26 Å². The molecule has 0 spiro atoms. The SMILES string of the molecule is N#Cc1ccc(N2CCC(N[C@@H]3CN[C@H](C(=O)N4CCC(=O)C4)C3)CC2)cc1. The first-order valence-corrected chi connectivity index (χ1v) is 10.2. The van der Waals surface area contributed by atoms with Crippen LogP contribution in [0.15, 0.2) is 24.3 Å². The van der Waals surface area contributed by atoms with E-state index < -0.39 is 0 Å². The molecule has 1 aromatic carbocycles. The van der Waals surface area contributed by atoms with Gasteiger partial charge < -0.3 is 20.4 Å². The van der Waals surface area contributed by atoms with Crippen LogP contribution in [-0.4, -0.2) is 67.4 Å². The molecule has 0 radical (unpaired) electrons. The van der Waals surface area contributed by atoms with Gasteiger partial charge in [0.05, 0.1) is 24.2 Å². The maximum atomic E-state index is 12.5. The van der Waals surface area contributed by atoms with Crippen LogP contribution in [0.25, 0.3) is 0 Å².